The Balaban J connectivity index is 1.11. The number of carbonyl (C=O) groups is 1. The molecule has 2 aromatic rings. The van der Waals surface area contributed by atoms with Gasteiger partial charge in [-0.2, -0.15) is 0 Å². The maximum Gasteiger partial charge on any atom is 0.163 e. The molecule has 0 unspecified atom stereocenters. The monoisotopic (exact) mass is 656 g/mol. The SMILES string of the molecule is CCC[C@H](O)C[C@@H](O)CC(=O)CCc1ccc(O)c(OCN2C=C3C([C@]4(c5cccc(C(N)N)c5)CCC5(CCCC5)C4)=CN=C3C2)c1. The Hall–Kier alpha value is -3.50. The number of aliphatic hydroxyl groups is 2. The summed E-state index contributed by atoms with van der Waals surface area (Å²) in [5, 5.41) is 30.7. The van der Waals surface area contributed by atoms with E-state index in [0.29, 0.717) is 30.6 Å². The van der Waals surface area contributed by atoms with E-state index in [2.05, 4.69) is 35.5 Å². The molecule has 0 bridgehead atoms. The maximum absolute atomic E-state index is 12.5. The number of fused-ring (bicyclic) bond motifs is 1. The molecule has 9 heteroatoms. The second-order valence-corrected chi connectivity index (χ2v) is 14.7. The minimum atomic E-state index is -0.839. The Morgan fingerprint density at radius 2 is 1.88 bits per heavy atom. The number of ether oxygens (including phenoxy) is 1. The highest BCUT2D eigenvalue weighted by atomic mass is 16.5. The number of aliphatic hydroxyl groups excluding tert-OH is 2. The van der Waals surface area contributed by atoms with Crippen LogP contribution in [0.1, 0.15) is 107 Å². The summed E-state index contributed by atoms with van der Waals surface area (Å²) < 4.78 is 6.13. The highest BCUT2D eigenvalue weighted by molar-refractivity contribution is 6.10. The van der Waals surface area contributed by atoms with E-state index in [0.717, 1.165) is 41.7 Å². The van der Waals surface area contributed by atoms with E-state index in [4.69, 9.17) is 21.2 Å². The summed E-state index contributed by atoms with van der Waals surface area (Å²) in [4.78, 5) is 19.5. The average Bonchev–Trinajstić information content (AvgIpc) is 3.85. The second-order valence-electron chi connectivity index (χ2n) is 14.7. The van der Waals surface area contributed by atoms with Crippen LogP contribution in [-0.4, -0.2) is 57.2 Å². The predicted molar refractivity (Wildman–Crippen MR) is 187 cm³/mol. The molecule has 0 radical (unpaired) electrons. The summed E-state index contributed by atoms with van der Waals surface area (Å²) in [6, 6.07) is 13.7. The molecule has 2 heterocycles. The van der Waals surface area contributed by atoms with Crippen LogP contribution in [0.25, 0.3) is 0 Å². The number of aryl methyl sites for hydroxylation is 1. The van der Waals surface area contributed by atoms with Crippen LogP contribution in [0.4, 0.5) is 0 Å². The van der Waals surface area contributed by atoms with Crippen molar-refractivity contribution < 1.29 is 24.9 Å². The van der Waals surface area contributed by atoms with Crippen molar-refractivity contribution in [1.29, 1.82) is 0 Å². The van der Waals surface area contributed by atoms with Crippen molar-refractivity contribution >= 4 is 11.5 Å². The molecule has 4 aliphatic rings. The van der Waals surface area contributed by atoms with E-state index in [1.54, 1.807) is 18.2 Å². The number of phenolic OH excluding ortho intramolecular Hbond substituents is 1. The third kappa shape index (κ3) is 7.39. The molecule has 1 spiro atoms. The zero-order chi connectivity index (χ0) is 33.9. The first-order valence-corrected chi connectivity index (χ1v) is 17.8. The fourth-order valence-electron chi connectivity index (χ4n) is 8.59. The standard InChI is InChI=1S/C39H52N4O5/c1-2-6-29(44)19-31(46)20-30(45)11-9-26-10-12-35(47)36(17-26)48-25-43-22-32-33(21-42-34(32)23-43)39(16-15-38(24-39)13-3-4-14-38)28-8-5-7-27(18-28)37(40)41/h5,7-8,10,12,17-18,21-22,29,31,37,44,46-47H,2-4,6,9,11,13-16,19-20,23-25,40-41H2,1H3/t29-,31+,39+/m0/s1. The van der Waals surface area contributed by atoms with Gasteiger partial charge in [0.1, 0.15) is 5.78 Å². The number of benzene rings is 2. The molecule has 3 atom stereocenters. The predicted octanol–water partition coefficient (Wildman–Crippen LogP) is 5.67. The van der Waals surface area contributed by atoms with Gasteiger partial charge in [0.05, 0.1) is 30.6 Å². The van der Waals surface area contributed by atoms with Gasteiger partial charge in [0.25, 0.3) is 0 Å². The molecule has 2 saturated carbocycles. The van der Waals surface area contributed by atoms with Gasteiger partial charge in [-0.3, -0.25) is 9.79 Å². The van der Waals surface area contributed by atoms with E-state index in [9.17, 15) is 20.1 Å². The van der Waals surface area contributed by atoms with E-state index in [-0.39, 0.29) is 42.9 Å². The van der Waals surface area contributed by atoms with Gasteiger partial charge in [-0.25, -0.2) is 0 Å². The summed E-state index contributed by atoms with van der Waals surface area (Å²) in [5.74, 6) is 0.347. The van der Waals surface area contributed by atoms with Crippen molar-refractivity contribution in [3.05, 3.63) is 82.7 Å². The first kappa shape index (κ1) is 34.4. The van der Waals surface area contributed by atoms with Crippen LogP contribution in [0.3, 0.4) is 0 Å². The highest BCUT2D eigenvalue weighted by Crippen LogP contribution is 2.62. The van der Waals surface area contributed by atoms with E-state index in [1.807, 2.05) is 13.0 Å². The van der Waals surface area contributed by atoms with Crippen LogP contribution in [0.2, 0.25) is 0 Å². The number of hydrogen-bond acceptors (Lipinski definition) is 9. The van der Waals surface area contributed by atoms with Crippen LogP contribution in [0, 0.1) is 5.41 Å². The molecule has 48 heavy (non-hydrogen) atoms. The second kappa shape index (κ2) is 14.5. The fourth-order valence-corrected chi connectivity index (χ4v) is 8.59. The third-order valence-electron chi connectivity index (χ3n) is 11.1. The van der Waals surface area contributed by atoms with E-state index >= 15 is 0 Å². The summed E-state index contributed by atoms with van der Waals surface area (Å²) in [7, 11) is 0. The van der Waals surface area contributed by atoms with E-state index < -0.39 is 18.4 Å². The molecule has 2 aliphatic carbocycles. The molecule has 0 aromatic heterocycles. The smallest absolute Gasteiger partial charge is 0.163 e. The van der Waals surface area contributed by atoms with Gasteiger partial charge in [-0.05, 0) is 91.2 Å². The number of phenols is 1. The van der Waals surface area contributed by atoms with Crippen molar-refractivity contribution in [2.45, 2.75) is 114 Å². The number of aromatic hydroxyl groups is 1. The lowest BCUT2D eigenvalue weighted by Crippen LogP contribution is -2.29. The van der Waals surface area contributed by atoms with Crippen molar-refractivity contribution in [2.24, 2.45) is 21.9 Å². The van der Waals surface area contributed by atoms with Gasteiger partial charge in [0, 0.05) is 36.2 Å². The molecule has 2 aliphatic heterocycles. The molecule has 9 nitrogen and oxygen atoms in total. The van der Waals surface area contributed by atoms with Crippen LogP contribution >= 0.6 is 0 Å². The molecule has 2 fully saturated rings. The molecule has 2 aromatic carbocycles. The number of allylic oxidation sites excluding steroid dienone is 1. The maximum atomic E-state index is 12.5. The zero-order valence-corrected chi connectivity index (χ0v) is 28.2. The van der Waals surface area contributed by atoms with Crippen LogP contribution < -0.4 is 16.2 Å². The molecule has 0 amide bonds. The quantitative estimate of drug-likeness (QED) is 0.154. The minimum Gasteiger partial charge on any atom is -0.504 e. The minimum absolute atomic E-state index is 0.0282. The number of nitrogens with zero attached hydrogens (tertiary/aromatic N) is 2. The van der Waals surface area contributed by atoms with E-state index in [1.165, 1.54) is 43.2 Å². The number of hydrogen-bond donors (Lipinski definition) is 5. The van der Waals surface area contributed by atoms with Gasteiger partial charge in [-0.1, -0.05) is 56.5 Å². The Bertz CT molecular complexity index is 1580. The Kier molecular flexibility index (Phi) is 10.4. The summed E-state index contributed by atoms with van der Waals surface area (Å²) in [6.07, 6.45) is 13.3. The number of Topliss-reactive ketones (excluding diaryl/α,β-unsaturated/α-hetero) is 1. The average molecular weight is 657 g/mol. The highest BCUT2D eigenvalue weighted by Gasteiger charge is 2.53. The molecule has 258 valence electrons. The summed E-state index contributed by atoms with van der Waals surface area (Å²) in [6.45, 7) is 2.84. The van der Waals surface area contributed by atoms with Gasteiger partial charge >= 0.3 is 0 Å². The Morgan fingerprint density at radius 3 is 2.65 bits per heavy atom. The lowest BCUT2D eigenvalue weighted by atomic mass is 9.68. The molecule has 6 rings (SSSR count). The molecule has 7 N–H and O–H groups in total. The third-order valence-corrected chi connectivity index (χ3v) is 11.1. The van der Waals surface area contributed by atoms with Gasteiger partial charge in [0.15, 0.2) is 18.2 Å². The topological polar surface area (TPSA) is 155 Å². The van der Waals surface area contributed by atoms with Crippen LogP contribution in [0.15, 0.2) is 71.0 Å². The van der Waals surface area contributed by atoms with Gasteiger partial charge in [0.2, 0.25) is 0 Å². The zero-order valence-electron chi connectivity index (χ0n) is 28.2. The lowest BCUT2D eigenvalue weighted by Gasteiger charge is -2.35. The number of rotatable bonds is 15. The Labute approximate surface area is 284 Å². The first-order valence-electron chi connectivity index (χ1n) is 17.8. The molecular weight excluding hydrogens is 604 g/mol. The molecular formula is C39H52N4O5. The number of carbonyl (C=O) groups excluding carboxylic acids is 1. The summed E-state index contributed by atoms with van der Waals surface area (Å²) in [5.41, 5.74) is 19.0. The van der Waals surface area contributed by atoms with Crippen molar-refractivity contribution in [2.75, 3.05) is 13.3 Å². The van der Waals surface area contributed by atoms with Crippen molar-refractivity contribution in [3.8, 4) is 11.5 Å². The van der Waals surface area contributed by atoms with Crippen molar-refractivity contribution in [1.82, 2.24) is 4.90 Å². The number of ketones is 1. The summed E-state index contributed by atoms with van der Waals surface area (Å²) >= 11 is 0. The largest absolute Gasteiger partial charge is 0.504 e. The lowest BCUT2D eigenvalue weighted by molar-refractivity contribution is -0.121. The first-order chi connectivity index (χ1) is 23.1. The normalized spacial score (nSPS) is 22.5. The fraction of sp³-hybridized carbons (Fsp3) is 0.538. The van der Waals surface area contributed by atoms with Crippen LogP contribution in [-0.2, 0) is 16.6 Å². The van der Waals surface area contributed by atoms with Crippen molar-refractivity contribution in [3.63, 3.8) is 0 Å². The molecule has 0 saturated heterocycles. The number of aliphatic imine (C=N–C) groups is 1. The Morgan fingerprint density at radius 1 is 1.06 bits per heavy atom. The van der Waals surface area contributed by atoms with Gasteiger partial charge in [-0.15, -0.1) is 0 Å². The van der Waals surface area contributed by atoms with Gasteiger partial charge < -0.3 is 36.4 Å². The van der Waals surface area contributed by atoms with Crippen LogP contribution in [0.5, 0.6) is 11.5 Å². The number of nitrogens with two attached hydrogens (primary N) is 2.